The van der Waals surface area contributed by atoms with Gasteiger partial charge in [0.25, 0.3) is 0 Å². The number of ether oxygens (including phenoxy) is 1. The van der Waals surface area contributed by atoms with E-state index in [2.05, 4.69) is 4.74 Å². The Morgan fingerprint density at radius 2 is 1.74 bits per heavy atom. The van der Waals surface area contributed by atoms with E-state index in [-0.39, 0.29) is 12.5 Å². The smallest absolute Gasteiger partial charge is 0.373 e. The Balaban J connectivity index is 1.75. The van der Waals surface area contributed by atoms with Gasteiger partial charge in [-0.3, -0.25) is 0 Å². The maximum atomic E-state index is 12.2. The summed E-state index contributed by atoms with van der Waals surface area (Å²) in [6.45, 7) is -0.128. The van der Waals surface area contributed by atoms with Crippen LogP contribution in [0.2, 0.25) is 0 Å². The van der Waals surface area contributed by atoms with Crippen LogP contribution in [0.5, 0.6) is 0 Å². The van der Waals surface area contributed by atoms with Gasteiger partial charge in [0.2, 0.25) is 0 Å². The van der Waals surface area contributed by atoms with Crippen molar-refractivity contribution in [1.29, 1.82) is 0 Å². The van der Waals surface area contributed by atoms with Gasteiger partial charge in [-0.1, -0.05) is 0 Å². The minimum atomic E-state index is -3.12. The summed E-state index contributed by atoms with van der Waals surface area (Å²) in [5.41, 5.74) is -2.38. The summed E-state index contributed by atoms with van der Waals surface area (Å²) in [5, 5.41) is 20.9. The van der Waals surface area contributed by atoms with Crippen molar-refractivity contribution in [2.75, 3.05) is 6.61 Å². The van der Waals surface area contributed by atoms with Crippen molar-refractivity contribution in [1.82, 2.24) is 0 Å². The van der Waals surface area contributed by atoms with E-state index in [0.717, 1.165) is 6.42 Å². The largest absolute Gasteiger partial charge is 0.461 e. The minimum absolute atomic E-state index is 0.128. The molecule has 6 heteroatoms. The summed E-state index contributed by atoms with van der Waals surface area (Å²) in [5.74, 6) is -1.33. The summed E-state index contributed by atoms with van der Waals surface area (Å²) >= 11 is 0. The molecule has 0 radical (unpaired) electrons. The van der Waals surface area contributed by atoms with Crippen LogP contribution in [-0.2, 0) is 9.53 Å². The van der Waals surface area contributed by atoms with Gasteiger partial charge in [-0.15, -0.1) is 0 Å². The molecule has 2 unspecified atom stereocenters. The van der Waals surface area contributed by atoms with Gasteiger partial charge in [-0.05, 0) is 38.0 Å². The van der Waals surface area contributed by atoms with Crippen LogP contribution >= 0.6 is 0 Å². The van der Waals surface area contributed by atoms with Gasteiger partial charge in [0.05, 0.1) is 17.8 Å². The van der Waals surface area contributed by atoms with E-state index in [1.807, 2.05) is 0 Å². The van der Waals surface area contributed by atoms with Crippen LogP contribution in [0.15, 0.2) is 0 Å². The molecule has 4 aliphatic rings. The van der Waals surface area contributed by atoms with Crippen molar-refractivity contribution in [3.8, 4) is 0 Å². The van der Waals surface area contributed by atoms with Gasteiger partial charge in [0.1, 0.15) is 0 Å². The quantitative estimate of drug-likeness (QED) is 0.761. The van der Waals surface area contributed by atoms with Crippen LogP contribution in [0.25, 0.3) is 0 Å². The Bertz CT molecular complexity index is 393. The fraction of sp³-hybridized carbons (Fsp3) is 0.923. The van der Waals surface area contributed by atoms with Gasteiger partial charge in [0.15, 0.2) is 0 Å². The topological polar surface area (TPSA) is 66.8 Å². The number of halogens is 2. The molecule has 2 N–H and O–H groups in total. The van der Waals surface area contributed by atoms with Gasteiger partial charge in [-0.2, -0.15) is 8.78 Å². The molecular weight excluding hydrogens is 258 g/mol. The van der Waals surface area contributed by atoms with Crippen molar-refractivity contribution < 1.29 is 28.5 Å². The van der Waals surface area contributed by atoms with Crippen LogP contribution < -0.4 is 0 Å². The first kappa shape index (κ1) is 13.2. The number of alkyl halides is 2. The summed E-state index contributed by atoms with van der Waals surface area (Å²) < 4.78 is 29.0. The van der Waals surface area contributed by atoms with Crippen molar-refractivity contribution in [2.45, 2.75) is 56.2 Å². The average molecular weight is 276 g/mol. The SMILES string of the molecule is O=C(OCC12CC3CC(O)(CC(O)(C3)C1)C2)C(F)F. The van der Waals surface area contributed by atoms with Crippen molar-refractivity contribution in [2.24, 2.45) is 11.3 Å². The fourth-order valence-electron chi connectivity index (χ4n) is 4.98. The summed E-state index contributed by atoms with van der Waals surface area (Å²) in [4.78, 5) is 10.9. The van der Waals surface area contributed by atoms with E-state index in [4.69, 9.17) is 0 Å². The van der Waals surface area contributed by atoms with Crippen molar-refractivity contribution in [3.63, 3.8) is 0 Å². The zero-order valence-electron chi connectivity index (χ0n) is 10.6. The first-order valence-corrected chi connectivity index (χ1v) is 6.63. The Morgan fingerprint density at radius 1 is 1.16 bits per heavy atom. The van der Waals surface area contributed by atoms with E-state index < -0.39 is 29.0 Å². The molecule has 4 fully saturated rings. The number of hydrogen-bond acceptors (Lipinski definition) is 4. The lowest BCUT2D eigenvalue weighted by molar-refractivity contribution is -0.241. The van der Waals surface area contributed by atoms with Crippen molar-refractivity contribution >= 4 is 5.97 Å². The first-order valence-electron chi connectivity index (χ1n) is 6.63. The number of rotatable bonds is 3. The number of carbonyl (C=O) groups excluding carboxylic acids is 1. The molecule has 4 nitrogen and oxygen atoms in total. The first-order chi connectivity index (χ1) is 8.73. The Kier molecular flexibility index (Phi) is 2.71. The molecule has 19 heavy (non-hydrogen) atoms. The molecule has 0 aromatic rings. The maximum absolute atomic E-state index is 12.2. The number of carbonyl (C=O) groups is 1. The van der Waals surface area contributed by atoms with E-state index in [9.17, 15) is 23.8 Å². The maximum Gasteiger partial charge on any atom is 0.373 e. The monoisotopic (exact) mass is 276 g/mol. The van der Waals surface area contributed by atoms with Crippen molar-refractivity contribution in [3.05, 3.63) is 0 Å². The van der Waals surface area contributed by atoms with Crippen LogP contribution in [-0.4, -0.2) is 40.4 Å². The zero-order chi connectivity index (χ0) is 13.9. The molecule has 108 valence electrons. The van der Waals surface area contributed by atoms with Crippen LogP contribution in [0.4, 0.5) is 8.78 Å². The molecule has 4 rings (SSSR count). The number of esters is 1. The number of hydrogen-bond donors (Lipinski definition) is 2. The standard InChI is InChI=1S/C13H18F2O4/c14-9(15)10(16)19-7-11-1-8-2-12(17,4-11)6-13(18,3-8)5-11/h8-9,17-18H,1-7H2. The van der Waals surface area contributed by atoms with E-state index in [1.165, 1.54) is 0 Å². The van der Waals surface area contributed by atoms with Gasteiger partial charge < -0.3 is 14.9 Å². The molecular formula is C13H18F2O4. The molecule has 0 aromatic heterocycles. The molecule has 0 spiro atoms. The fourth-order valence-corrected chi connectivity index (χ4v) is 4.98. The zero-order valence-corrected chi connectivity index (χ0v) is 10.6. The second-order valence-electron chi connectivity index (χ2n) is 6.87. The minimum Gasteiger partial charge on any atom is -0.461 e. The Hall–Kier alpha value is -0.750. The average Bonchev–Trinajstić information content (AvgIpc) is 2.20. The third-order valence-electron chi connectivity index (χ3n) is 4.82. The molecule has 2 atom stereocenters. The molecule has 0 saturated heterocycles. The highest BCUT2D eigenvalue weighted by Gasteiger charge is 2.63. The van der Waals surface area contributed by atoms with Crippen LogP contribution in [0.1, 0.15) is 38.5 Å². The Labute approximate surface area is 109 Å². The normalized spacial score (nSPS) is 47.7. The third-order valence-corrected chi connectivity index (χ3v) is 4.82. The second-order valence-corrected chi connectivity index (χ2v) is 6.87. The van der Waals surface area contributed by atoms with Gasteiger partial charge >= 0.3 is 12.4 Å². The van der Waals surface area contributed by atoms with E-state index in [1.54, 1.807) is 0 Å². The summed E-state index contributed by atoms with van der Waals surface area (Å²) in [6.07, 6.45) is 0.111. The Morgan fingerprint density at radius 3 is 2.21 bits per heavy atom. The molecule has 0 heterocycles. The highest BCUT2D eigenvalue weighted by molar-refractivity contribution is 5.72. The van der Waals surface area contributed by atoms with Crippen LogP contribution in [0.3, 0.4) is 0 Å². The molecule has 0 aliphatic heterocycles. The molecule has 0 amide bonds. The highest BCUT2D eigenvalue weighted by Crippen LogP contribution is 2.63. The molecule has 4 aliphatic carbocycles. The van der Waals surface area contributed by atoms with Gasteiger partial charge in [-0.25, -0.2) is 4.79 Å². The van der Waals surface area contributed by atoms with Gasteiger partial charge in [0, 0.05) is 11.8 Å². The number of aliphatic hydroxyl groups is 2. The molecule has 4 saturated carbocycles. The lowest BCUT2D eigenvalue weighted by atomic mass is 9.46. The lowest BCUT2D eigenvalue weighted by Gasteiger charge is -2.62. The third kappa shape index (κ3) is 2.25. The van der Waals surface area contributed by atoms with Crippen LogP contribution in [0, 0.1) is 11.3 Å². The predicted octanol–water partition coefficient (Wildman–Crippen LogP) is 1.24. The second kappa shape index (κ2) is 3.88. The molecule has 0 aromatic carbocycles. The lowest BCUT2D eigenvalue weighted by Crippen LogP contribution is -2.64. The van der Waals surface area contributed by atoms with E-state index >= 15 is 0 Å². The summed E-state index contributed by atoms with van der Waals surface area (Å²) in [6, 6.07) is 0. The van der Waals surface area contributed by atoms with E-state index in [0.29, 0.717) is 32.1 Å². The molecule has 4 bridgehead atoms. The highest BCUT2D eigenvalue weighted by atomic mass is 19.3. The predicted molar refractivity (Wildman–Crippen MR) is 60.5 cm³/mol. The summed E-state index contributed by atoms with van der Waals surface area (Å²) in [7, 11) is 0.